The molecule has 1 aromatic heterocycles. The molecule has 6 heteroatoms. The van der Waals surface area contributed by atoms with Gasteiger partial charge in [-0.2, -0.15) is 0 Å². The molecule has 0 aliphatic heterocycles. The van der Waals surface area contributed by atoms with Gasteiger partial charge in [0.2, 0.25) is 5.91 Å². The number of carboxylic acid groups (broad SMARTS) is 1. The molecule has 1 aromatic rings. The molecule has 3 N–H and O–H groups in total. The van der Waals surface area contributed by atoms with Crippen molar-refractivity contribution < 1.29 is 24.2 Å². The Kier molecular flexibility index (Phi) is 4.24. The Bertz CT molecular complexity index is 533. The monoisotopic (exact) mass is 279 g/mol. The van der Waals surface area contributed by atoms with E-state index in [1.165, 1.54) is 12.2 Å². The topological polar surface area (TPSA) is 99.8 Å². The van der Waals surface area contributed by atoms with Gasteiger partial charge in [-0.25, -0.2) is 4.79 Å². The minimum absolute atomic E-state index is 0.469. The fraction of sp³-hybridized carbons (Fsp3) is 0.429. The first kappa shape index (κ1) is 14.3. The summed E-state index contributed by atoms with van der Waals surface area (Å²) in [7, 11) is 0. The zero-order chi connectivity index (χ0) is 14.7. The number of aliphatic carboxylic acids is 1. The van der Waals surface area contributed by atoms with Crippen LogP contribution in [0, 0.1) is 5.92 Å². The van der Waals surface area contributed by atoms with Crippen LogP contribution in [0.25, 0.3) is 6.08 Å². The molecule has 0 bridgehead atoms. The molecule has 2 unspecified atom stereocenters. The second kappa shape index (κ2) is 5.92. The first-order valence-corrected chi connectivity index (χ1v) is 6.43. The minimum atomic E-state index is -1.30. The van der Waals surface area contributed by atoms with Gasteiger partial charge in [-0.1, -0.05) is 6.92 Å². The zero-order valence-corrected chi connectivity index (χ0v) is 11.1. The second-order valence-electron chi connectivity index (χ2n) is 4.97. The lowest BCUT2D eigenvalue weighted by Gasteiger charge is -2.08. The molecule has 1 amide bonds. The van der Waals surface area contributed by atoms with Crippen molar-refractivity contribution in [2.24, 2.45) is 5.92 Å². The number of aliphatic hydroxyl groups is 1. The summed E-state index contributed by atoms with van der Waals surface area (Å²) < 4.78 is 5.57. The fourth-order valence-corrected chi connectivity index (χ4v) is 1.94. The van der Waals surface area contributed by atoms with E-state index in [4.69, 9.17) is 14.6 Å². The summed E-state index contributed by atoms with van der Waals surface area (Å²) in [4.78, 5) is 22.1. The van der Waals surface area contributed by atoms with E-state index in [1.807, 2.05) is 6.07 Å². The van der Waals surface area contributed by atoms with E-state index >= 15 is 0 Å². The van der Waals surface area contributed by atoms with E-state index in [1.54, 1.807) is 6.07 Å². The lowest BCUT2D eigenvalue weighted by molar-refractivity contribution is -0.142. The van der Waals surface area contributed by atoms with Crippen LogP contribution in [0.5, 0.6) is 0 Å². The maximum Gasteiger partial charge on any atom is 0.328 e. The molecule has 0 aromatic carbocycles. The average Bonchev–Trinajstić information content (AvgIpc) is 2.96. The first-order chi connectivity index (χ1) is 9.51. The third-order valence-corrected chi connectivity index (χ3v) is 3.32. The van der Waals surface area contributed by atoms with Crippen LogP contribution in [-0.2, 0) is 9.59 Å². The predicted molar refractivity (Wildman–Crippen MR) is 70.9 cm³/mol. The number of nitrogens with one attached hydrogen (secondary N) is 1. The Morgan fingerprint density at radius 2 is 2.25 bits per heavy atom. The molecule has 6 nitrogen and oxygen atoms in total. The van der Waals surface area contributed by atoms with E-state index in [2.05, 4.69) is 12.2 Å². The highest BCUT2D eigenvalue weighted by molar-refractivity contribution is 5.94. The van der Waals surface area contributed by atoms with Gasteiger partial charge in [0.15, 0.2) is 6.04 Å². The molecule has 3 atom stereocenters. The molecule has 2 rings (SSSR count). The lowest BCUT2D eigenvalue weighted by Crippen LogP contribution is -2.42. The largest absolute Gasteiger partial charge is 0.480 e. The van der Waals surface area contributed by atoms with Gasteiger partial charge in [-0.05, 0) is 30.5 Å². The van der Waals surface area contributed by atoms with Gasteiger partial charge in [0.25, 0.3) is 0 Å². The Labute approximate surface area is 116 Å². The van der Waals surface area contributed by atoms with Gasteiger partial charge in [-0.15, -0.1) is 0 Å². The van der Waals surface area contributed by atoms with Gasteiger partial charge >= 0.3 is 5.97 Å². The first-order valence-electron chi connectivity index (χ1n) is 6.43. The number of furan rings is 1. The molecule has 1 fully saturated rings. The highest BCUT2D eigenvalue weighted by atomic mass is 16.4. The van der Waals surface area contributed by atoms with Gasteiger partial charge in [-0.3, -0.25) is 4.79 Å². The van der Waals surface area contributed by atoms with Crippen molar-refractivity contribution in [2.45, 2.75) is 25.3 Å². The van der Waals surface area contributed by atoms with Crippen LogP contribution in [0.1, 0.15) is 30.8 Å². The van der Waals surface area contributed by atoms with Crippen molar-refractivity contribution in [1.82, 2.24) is 5.32 Å². The Hall–Kier alpha value is -2.08. The SMILES string of the molecule is CC1CC1c1ccc(/C=C/C(=O)N[C@@H](CO)C(=O)O)o1. The van der Waals surface area contributed by atoms with Crippen LogP contribution in [0.3, 0.4) is 0 Å². The summed E-state index contributed by atoms with van der Waals surface area (Å²) in [5, 5.41) is 19.6. The number of hydrogen-bond acceptors (Lipinski definition) is 4. The molecule has 1 aliphatic carbocycles. The van der Waals surface area contributed by atoms with Gasteiger partial charge in [0.1, 0.15) is 11.5 Å². The molecule has 1 heterocycles. The van der Waals surface area contributed by atoms with Crippen molar-refractivity contribution in [3.05, 3.63) is 29.7 Å². The quantitative estimate of drug-likeness (QED) is 0.674. The minimum Gasteiger partial charge on any atom is -0.480 e. The molecule has 0 radical (unpaired) electrons. The van der Waals surface area contributed by atoms with Crippen LogP contribution < -0.4 is 5.32 Å². The zero-order valence-electron chi connectivity index (χ0n) is 11.1. The van der Waals surface area contributed by atoms with Crippen LogP contribution in [0.2, 0.25) is 0 Å². The smallest absolute Gasteiger partial charge is 0.328 e. The van der Waals surface area contributed by atoms with Gasteiger partial charge in [0, 0.05) is 12.0 Å². The summed E-state index contributed by atoms with van der Waals surface area (Å²) in [5.41, 5.74) is 0. The molecule has 0 saturated heterocycles. The van der Waals surface area contributed by atoms with Crippen LogP contribution in [-0.4, -0.2) is 34.7 Å². The van der Waals surface area contributed by atoms with Crippen LogP contribution >= 0.6 is 0 Å². The second-order valence-corrected chi connectivity index (χ2v) is 4.97. The number of rotatable bonds is 6. The van der Waals surface area contributed by atoms with Crippen LogP contribution in [0.15, 0.2) is 22.6 Å². The summed E-state index contributed by atoms with van der Waals surface area (Å²) in [6.45, 7) is 1.50. The average molecular weight is 279 g/mol. The summed E-state index contributed by atoms with van der Waals surface area (Å²) >= 11 is 0. The molecular weight excluding hydrogens is 262 g/mol. The number of hydrogen-bond donors (Lipinski definition) is 3. The molecule has 108 valence electrons. The lowest BCUT2D eigenvalue weighted by atomic mass is 10.3. The maximum atomic E-state index is 11.5. The van der Waals surface area contributed by atoms with E-state index in [0.717, 1.165) is 12.2 Å². The predicted octanol–water partition coefficient (Wildman–Crippen LogP) is 0.978. The number of carboxylic acids is 1. The number of aliphatic hydroxyl groups excluding tert-OH is 1. The van der Waals surface area contributed by atoms with E-state index < -0.39 is 24.5 Å². The highest BCUT2D eigenvalue weighted by Gasteiger charge is 2.36. The van der Waals surface area contributed by atoms with Crippen molar-refractivity contribution >= 4 is 18.0 Å². The normalized spacial score (nSPS) is 22.7. The maximum absolute atomic E-state index is 11.5. The van der Waals surface area contributed by atoms with E-state index in [9.17, 15) is 9.59 Å². The molecule has 1 aliphatic rings. The fourth-order valence-electron chi connectivity index (χ4n) is 1.94. The van der Waals surface area contributed by atoms with Crippen molar-refractivity contribution in [2.75, 3.05) is 6.61 Å². The summed E-state index contributed by atoms with van der Waals surface area (Å²) in [6.07, 6.45) is 3.78. The Morgan fingerprint density at radius 3 is 2.80 bits per heavy atom. The molecule has 1 saturated carbocycles. The highest BCUT2D eigenvalue weighted by Crippen LogP contribution is 2.47. The summed E-state index contributed by atoms with van der Waals surface area (Å²) in [5.74, 6) is 0.696. The third kappa shape index (κ3) is 3.48. The Balaban J connectivity index is 1.90. The van der Waals surface area contributed by atoms with Crippen molar-refractivity contribution in [1.29, 1.82) is 0 Å². The standard InChI is InChI=1S/C14H17NO5/c1-8-6-10(8)12-4-2-9(20-12)3-5-13(17)15-11(7-16)14(18)19/h2-5,8,10-11,16H,6-7H2,1H3,(H,15,17)(H,18,19)/b5-3+/t8?,10?,11-/m0/s1. The molecular formula is C14H17NO5. The number of carbonyl (C=O) groups is 2. The van der Waals surface area contributed by atoms with Gasteiger partial charge in [0.05, 0.1) is 6.61 Å². The Morgan fingerprint density at radius 1 is 1.55 bits per heavy atom. The number of carbonyl (C=O) groups excluding carboxylic acids is 1. The van der Waals surface area contributed by atoms with Crippen molar-refractivity contribution in [3.8, 4) is 0 Å². The summed E-state index contributed by atoms with van der Waals surface area (Å²) in [6, 6.07) is 2.36. The molecule has 20 heavy (non-hydrogen) atoms. The van der Waals surface area contributed by atoms with Crippen LogP contribution in [0.4, 0.5) is 0 Å². The van der Waals surface area contributed by atoms with E-state index in [0.29, 0.717) is 17.6 Å². The van der Waals surface area contributed by atoms with Crippen molar-refractivity contribution in [3.63, 3.8) is 0 Å². The molecule has 0 spiro atoms. The third-order valence-electron chi connectivity index (χ3n) is 3.32. The van der Waals surface area contributed by atoms with Gasteiger partial charge < -0.3 is 19.9 Å². The van der Waals surface area contributed by atoms with E-state index in [-0.39, 0.29) is 0 Å². The number of amides is 1.